The van der Waals surface area contributed by atoms with Crippen LogP contribution >= 0.6 is 52.7 Å². The van der Waals surface area contributed by atoms with Crippen molar-refractivity contribution < 1.29 is 0 Å². The lowest BCUT2D eigenvalue weighted by Gasteiger charge is -1.86. The summed E-state index contributed by atoms with van der Waals surface area (Å²) in [6.45, 7) is 0. The molecule has 0 fully saturated rings. The van der Waals surface area contributed by atoms with Gasteiger partial charge in [0, 0.05) is 21.2 Å². The highest BCUT2D eigenvalue weighted by Crippen LogP contribution is 2.23. The molecule has 1 N–H and O–H groups in total. The number of imidazole rings is 1. The summed E-state index contributed by atoms with van der Waals surface area (Å²) in [4.78, 5) is 11.7. The number of pyridine rings is 1. The molecule has 0 aliphatic heterocycles. The monoisotopic (exact) mass is 403 g/mol. The van der Waals surface area contributed by atoms with Gasteiger partial charge < -0.3 is 4.98 Å². The van der Waals surface area contributed by atoms with Gasteiger partial charge in [-0.3, -0.25) is 0 Å². The Bertz CT molecular complexity index is 414. The van der Waals surface area contributed by atoms with Crippen LogP contribution < -0.4 is 0 Å². The lowest BCUT2D eigenvalue weighted by atomic mass is 10.4. The number of nitrogens with one attached hydrogen (secondary N) is 1. The van der Waals surface area contributed by atoms with Gasteiger partial charge in [-0.25, -0.2) is 9.97 Å². The molecule has 0 atom stereocenters. The lowest BCUT2D eigenvalue weighted by Crippen LogP contribution is -1.79. The van der Waals surface area contributed by atoms with E-state index in [1.165, 1.54) is 0 Å². The van der Waals surface area contributed by atoms with E-state index in [9.17, 15) is 0 Å². The molecule has 0 aliphatic carbocycles. The molecular formula is C6H3I2N3S. The van der Waals surface area contributed by atoms with Crippen molar-refractivity contribution in [1.82, 2.24) is 15.0 Å². The van der Waals surface area contributed by atoms with Gasteiger partial charge in [-0.15, -0.1) is 0 Å². The van der Waals surface area contributed by atoms with Crippen molar-refractivity contribution >= 4 is 63.9 Å². The van der Waals surface area contributed by atoms with E-state index < -0.39 is 0 Å². The maximum Gasteiger partial charge on any atom is 0.179 e. The minimum Gasteiger partial charge on any atom is -0.331 e. The summed E-state index contributed by atoms with van der Waals surface area (Å²) in [5.74, 6) is 0. The van der Waals surface area contributed by atoms with E-state index in [4.69, 9.17) is 0 Å². The Morgan fingerprint density at radius 1 is 1.33 bits per heavy atom. The summed E-state index contributed by atoms with van der Waals surface area (Å²) in [5.41, 5.74) is 1.79. The number of halogens is 2. The summed E-state index contributed by atoms with van der Waals surface area (Å²) in [7, 11) is 1.56. The summed E-state index contributed by atoms with van der Waals surface area (Å²) >= 11 is 4.37. The Morgan fingerprint density at radius 2 is 2.17 bits per heavy atom. The van der Waals surface area contributed by atoms with Gasteiger partial charge in [0.25, 0.3) is 0 Å². The standard InChI is InChI=1S/C6H3I2N3S/c7-4-2-1-3-5(10-4)11-6(9-3)12-8/h1-2H,(H,9,10,11). The molecule has 12 heavy (non-hydrogen) atoms. The van der Waals surface area contributed by atoms with E-state index in [1.807, 2.05) is 12.1 Å². The van der Waals surface area contributed by atoms with Crippen LogP contribution in [0.1, 0.15) is 0 Å². The van der Waals surface area contributed by atoms with Crippen molar-refractivity contribution in [2.45, 2.75) is 5.16 Å². The lowest BCUT2D eigenvalue weighted by molar-refractivity contribution is 1.08. The topological polar surface area (TPSA) is 41.6 Å². The number of rotatable bonds is 1. The van der Waals surface area contributed by atoms with Crippen LogP contribution in [-0.2, 0) is 0 Å². The van der Waals surface area contributed by atoms with E-state index in [-0.39, 0.29) is 0 Å². The zero-order chi connectivity index (χ0) is 8.55. The number of H-pyrrole nitrogens is 1. The Labute approximate surface area is 98.9 Å². The fourth-order valence-electron chi connectivity index (χ4n) is 0.884. The van der Waals surface area contributed by atoms with Gasteiger partial charge in [-0.2, -0.15) is 0 Å². The molecule has 2 heterocycles. The van der Waals surface area contributed by atoms with Crippen molar-refractivity contribution in [1.29, 1.82) is 0 Å². The molecule has 2 rings (SSSR count). The smallest absolute Gasteiger partial charge is 0.179 e. The van der Waals surface area contributed by atoms with Crippen LogP contribution in [0.2, 0.25) is 0 Å². The molecule has 0 aliphatic rings. The number of hydrogen-bond acceptors (Lipinski definition) is 3. The minimum absolute atomic E-state index is 0.793. The first-order valence-corrected chi connectivity index (χ1v) is 7.54. The molecule has 6 heteroatoms. The largest absolute Gasteiger partial charge is 0.331 e. The average Bonchev–Trinajstić information content (AvgIpc) is 2.46. The van der Waals surface area contributed by atoms with Gasteiger partial charge in [-0.1, -0.05) is 0 Å². The molecular weight excluding hydrogens is 400 g/mol. The van der Waals surface area contributed by atoms with Crippen LogP contribution in [0.4, 0.5) is 0 Å². The molecule has 0 aromatic carbocycles. The zero-order valence-electron chi connectivity index (χ0n) is 5.71. The molecule has 0 saturated carbocycles. The van der Waals surface area contributed by atoms with Gasteiger partial charge >= 0.3 is 0 Å². The first kappa shape index (κ1) is 9.00. The Kier molecular flexibility index (Phi) is 2.75. The third kappa shape index (κ3) is 1.69. The van der Waals surface area contributed by atoms with E-state index in [0.717, 1.165) is 20.0 Å². The molecule has 0 spiro atoms. The molecule has 0 unspecified atom stereocenters. The van der Waals surface area contributed by atoms with E-state index in [0.29, 0.717) is 0 Å². The van der Waals surface area contributed by atoms with Crippen molar-refractivity contribution in [3.63, 3.8) is 0 Å². The van der Waals surface area contributed by atoms with Crippen LogP contribution in [-0.4, -0.2) is 15.0 Å². The van der Waals surface area contributed by atoms with Gasteiger partial charge in [0.15, 0.2) is 10.8 Å². The van der Waals surface area contributed by atoms with Crippen LogP contribution in [0.5, 0.6) is 0 Å². The Hall–Kier alpha value is 0.430. The SMILES string of the molecule is ISc1nc2nc(I)ccc2[nH]1. The van der Waals surface area contributed by atoms with Crippen molar-refractivity contribution in [2.75, 3.05) is 0 Å². The van der Waals surface area contributed by atoms with Crippen LogP contribution in [0, 0.1) is 3.70 Å². The van der Waals surface area contributed by atoms with Gasteiger partial charge in [0.1, 0.15) is 3.70 Å². The second-order valence-electron chi connectivity index (χ2n) is 2.12. The molecule has 0 saturated heterocycles. The predicted molar refractivity (Wildman–Crippen MR) is 66.5 cm³/mol. The minimum atomic E-state index is 0.793. The van der Waals surface area contributed by atoms with E-state index in [1.54, 1.807) is 8.93 Å². The molecule has 2 aromatic rings. The summed E-state index contributed by atoms with van der Waals surface area (Å²) in [6.07, 6.45) is 0. The number of fused-ring (bicyclic) bond motifs is 1. The van der Waals surface area contributed by atoms with Gasteiger partial charge in [-0.05, 0) is 43.7 Å². The quantitative estimate of drug-likeness (QED) is 0.589. The highest BCUT2D eigenvalue weighted by molar-refractivity contribution is 14.2. The van der Waals surface area contributed by atoms with Gasteiger partial charge in [0.05, 0.1) is 5.52 Å². The van der Waals surface area contributed by atoms with Gasteiger partial charge in [0.2, 0.25) is 0 Å². The Balaban J connectivity index is 2.67. The van der Waals surface area contributed by atoms with E-state index >= 15 is 0 Å². The summed E-state index contributed by atoms with van der Waals surface area (Å²) in [5, 5.41) is 0.903. The van der Waals surface area contributed by atoms with Crippen LogP contribution in [0.3, 0.4) is 0 Å². The van der Waals surface area contributed by atoms with Crippen molar-refractivity contribution in [3.8, 4) is 0 Å². The number of aromatic amines is 1. The zero-order valence-corrected chi connectivity index (χ0v) is 10.8. The molecule has 62 valence electrons. The third-order valence-electron chi connectivity index (χ3n) is 1.36. The normalized spacial score (nSPS) is 10.8. The second kappa shape index (κ2) is 3.66. The first-order valence-electron chi connectivity index (χ1n) is 3.10. The van der Waals surface area contributed by atoms with E-state index in [2.05, 4.69) is 58.7 Å². The second-order valence-corrected chi connectivity index (χ2v) is 5.09. The maximum atomic E-state index is 4.28. The molecule has 0 bridgehead atoms. The number of hydrogen-bond donors (Lipinski definition) is 1. The Morgan fingerprint density at radius 3 is 2.92 bits per heavy atom. The summed E-state index contributed by atoms with van der Waals surface area (Å²) in [6, 6.07) is 3.95. The molecule has 2 aromatic heterocycles. The van der Waals surface area contributed by atoms with Crippen LogP contribution in [0.15, 0.2) is 17.3 Å². The van der Waals surface area contributed by atoms with Crippen LogP contribution in [0.25, 0.3) is 11.2 Å². The fraction of sp³-hybridized carbons (Fsp3) is 0. The predicted octanol–water partition coefficient (Wildman–Crippen LogP) is 3.00. The fourth-order valence-corrected chi connectivity index (χ4v) is 2.19. The number of nitrogens with zero attached hydrogens (tertiary/aromatic N) is 2. The number of aromatic nitrogens is 3. The average molecular weight is 403 g/mol. The van der Waals surface area contributed by atoms with Crippen molar-refractivity contribution in [3.05, 3.63) is 15.8 Å². The third-order valence-corrected chi connectivity index (χ3v) is 3.56. The van der Waals surface area contributed by atoms with Crippen molar-refractivity contribution in [2.24, 2.45) is 0 Å². The maximum absolute atomic E-state index is 4.28. The molecule has 0 amide bonds. The molecule has 0 radical (unpaired) electrons. The first-order chi connectivity index (χ1) is 5.79. The highest BCUT2D eigenvalue weighted by Gasteiger charge is 2.02. The summed E-state index contributed by atoms with van der Waals surface area (Å²) < 4.78 is 0.969. The molecule has 3 nitrogen and oxygen atoms in total. The highest BCUT2D eigenvalue weighted by atomic mass is 127.